The van der Waals surface area contributed by atoms with E-state index in [4.69, 9.17) is 9.26 Å². The van der Waals surface area contributed by atoms with Crippen molar-refractivity contribution in [1.82, 2.24) is 15.1 Å². The summed E-state index contributed by atoms with van der Waals surface area (Å²) < 4.78 is 10.7. The lowest BCUT2D eigenvalue weighted by Gasteiger charge is -2.12. The lowest BCUT2D eigenvalue weighted by Crippen LogP contribution is -2.12. The summed E-state index contributed by atoms with van der Waals surface area (Å²) in [5, 5.41) is 4.88. The number of ether oxygens (including phenoxy) is 1. The van der Waals surface area contributed by atoms with Crippen molar-refractivity contribution < 1.29 is 14.1 Å². The van der Waals surface area contributed by atoms with E-state index in [0.717, 1.165) is 27.7 Å². The smallest absolute Gasteiger partial charge is 0.340 e. The van der Waals surface area contributed by atoms with E-state index >= 15 is 0 Å². The van der Waals surface area contributed by atoms with E-state index in [1.54, 1.807) is 0 Å². The van der Waals surface area contributed by atoms with Gasteiger partial charge >= 0.3 is 5.97 Å². The zero-order chi connectivity index (χ0) is 19.5. The van der Waals surface area contributed by atoms with Gasteiger partial charge in [-0.25, -0.2) is 4.79 Å². The Bertz CT molecular complexity index is 1140. The van der Waals surface area contributed by atoms with Crippen LogP contribution in [0.1, 0.15) is 34.4 Å². The molecule has 0 unspecified atom stereocenters. The van der Waals surface area contributed by atoms with Crippen molar-refractivity contribution in [2.24, 2.45) is 0 Å². The third-order valence-electron chi connectivity index (χ3n) is 4.59. The van der Waals surface area contributed by atoms with Gasteiger partial charge in [-0.1, -0.05) is 60.6 Å². The molecule has 0 bridgehead atoms. The fourth-order valence-electron chi connectivity index (χ4n) is 3.18. The molecule has 2 aromatic carbocycles. The molecular weight excluding hydrogens is 354 g/mol. The van der Waals surface area contributed by atoms with Crippen LogP contribution < -0.4 is 0 Å². The second kappa shape index (κ2) is 7.60. The Kier molecular flexibility index (Phi) is 4.85. The number of rotatable bonds is 5. The molecule has 6 nitrogen and oxygen atoms in total. The van der Waals surface area contributed by atoms with E-state index in [2.05, 4.69) is 15.1 Å². The lowest BCUT2D eigenvalue weighted by atomic mass is 10.0. The van der Waals surface area contributed by atoms with Gasteiger partial charge in [0.1, 0.15) is 0 Å². The first kappa shape index (κ1) is 17.9. The first-order valence-corrected chi connectivity index (χ1v) is 9.10. The Morgan fingerprint density at radius 3 is 2.57 bits per heavy atom. The van der Waals surface area contributed by atoms with E-state index in [1.165, 1.54) is 0 Å². The molecule has 0 aliphatic heterocycles. The molecule has 0 atom stereocenters. The van der Waals surface area contributed by atoms with Gasteiger partial charge in [0.2, 0.25) is 5.82 Å². The minimum Gasteiger partial charge on any atom is -0.452 e. The van der Waals surface area contributed by atoms with Gasteiger partial charge in [0, 0.05) is 10.9 Å². The van der Waals surface area contributed by atoms with Crippen LogP contribution in [0.15, 0.2) is 59.1 Å². The van der Waals surface area contributed by atoms with Crippen LogP contribution in [0.2, 0.25) is 0 Å². The van der Waals surface area contributed by atoms with E-state index in [0.29, 0.717) is 17.8 Å². The van der Waals surface area contributed by atoms with Crippen molar-refractivity contribution in [3.05, 3.63) is 77.3 Å². The van der Waals surface area contributed by atoms with Crippen LogP contribution in [0, 0.1) is 6.92 Å². The highest BCUT2D eigenvalue weighted by molar-refractivity contribution is 5.98. The maximum atomic E-state index is 12.8. The zero-order valence-electron chi connectivity index (χ0n) is 15.7. The minimum absolute atomic E-state index is 0.0892. The van der Waals surface area contributed by atoms with Crippen molar-refractivity contribution in [1.29, 1.82) is 0 Å². The third kappa shape index (κ3) is 3.36. The number of para-hydroxylation sites is 1. The number of fused-ring (bicyclic) bond motifs is 1. The molecule has 4 rings (SSSR count). The molecule has 28 heavy (non-hydrogen) atoms. The summed E-state index contributed by atoms with van der Waals surface area (Å²) in [5.41, 5.74) is 3.80. The molecule has 0 spiro atoms. The first-order valence-electron chi connectivity index (χ1n) is 9.10. The van der Waals surface area contributed by atoms with Crippen LogP contribution in [-0.2, 0) is 17.8 Å². The van der Waals surface area contributed by atoms with Crippen molar-refractivity contribution in [3.63, 3.8) is 0 Å². The monoisotopic (exact) mass is 373 g/mol. The summed E-state index contributed by atoms with van der Waals surface area (Å²) in [6.07, 6.45) is 0.634. The Balaban J connectivity index is 1.56. The summed E-state index contributed by atoms with van der Waals surface area (Å²) >= 11 is 0. The highest BCUT2D eigenvalue weighted by Gasteiger charge is 2.20. The van der Waals surface area contributed by atoms with Gasteiger partial charge in [-0.15, -0.1) is 0 Å². The molecule has 0 radical (unpaired) electrons. The second-order valence-electron chi connectivity index (χ2n) is 6.38. The van der Waals surface area contributed by atoms with Crippen LogP contribution in [0.5, 0.6) is 0 Å². The average molecular weight is 373 g/mol. The third-order valence-corrected chi connectivity index (χ3v) is 4.59. The number of nitrogens with zero attached hydrogens (tertiary/aromatic N) is 3. The highest BCUT2D eigenvalue weighted by atomic mass is 16.6. The van der Waals surface area contributed by atoms with Gasteiger partial charge in [0.25, 0.3) is 5.89 Å². The Hall–Kier alpha value is -3.54. The van der Waals surface area contributed by atoms with Gasteiger partial charge in [0.05, 0.1) is 16.8 Å². The quantitative estimate of drug-likeness (QED) is 0.479. The molecular formula is C22H19N3O3. The molecule has 0 aliphatic carbocycles. The normalized spacial score (nSPS) is 10.9. The molecule has 0 N–H and O–H groups in total. The minimum atomic E-state index is -0.438. The maximum absolute atomic E-state index is 12.8. The van der Waals surface area contributed by atoms with Gasteiger partial charge in [-0.2, -0.15) is 4.98 Å². The molecule has 140 valence electrons. The SMILES string of the molecule is CCc1nc2ccccc2c(C)c1C(=O)OCc1nc(-c2ccccc2)no1. The molecule has 0 saturated heterocycles. The number of carbonyl (C=O) groups excluding carboxylic acids is 1. The number of esters is 1. The first-order chi connectivity index (χ1) is 13.7. The van der Waals surface area contributed by atoms with Crippen LogP contribution >= 0.6 is 0 Å². The summed E-state index contributed by atoms with van der Waals surface area (Å²) in [4.78, 5) is 21.7. The van der Waals surface area contributed by atoms with Gasteiger partial charge in [0.15, 0.2) is 6.61 Å². The van der Waals surface area contributed by atoms with Crippen LogP contribution in [0.25, 0.3) is 22.3 Å². The number of pyridine rings is 1. The van der Waals surface area contributed by atoms with Crippen LogP contribution in [-0.4, -0.2) is 21.1 Å². The van der Waals surface area contributed by atoms with Crippen LogP contribution in [0.3, 0.4) is 0 Å². The maximum Gasteiger partial charge on any atom is 0.340 e. The molecule has 0 amide bonds. The van der Waals surface area contributed by atoms with E-state index in [-0.39, 0.29) is 12.5 Å². The summed E-state index contributed by atoms with van der Waals surface area (Å²) in [7, 11) is 0. The predicted octanol–water partition coefficient (Wildman–Crippen LogP) is 4.51. The van der Waals surface area contributed by atoms with Gasteiger partial charge in [-0.3, -0.25) is 4.98 Å². The van der Waals surface area contributed by atoms with Crippen molar-refractivity contribution >= 4 is 16.9 Å². The van der Waals surface area contributed by atoms with Gasteiger partial charge in [-0.05, 0) is 25.0 Å². The molecule has 0 saturated carbocycles. The highest BCUT2D eigenvalue weighted by Crippen LogP contribution is 2.24. The molecule has 2 aromatic heterocycles. The molecule has 0 fully saturated rings. The number of aryl methyl sites for hydroxylation is 2. The summed E-state index contributed by atoms with van der Waals surface area (Å²) in [6, 6.07) is 17.2. The van der Waals surface area contributed by atoms with E-state index < -0.39 is 5.97 Å². The largest absolute Gasteiger partial charge is 0.452 e. The topological polar surface area (TPSA) is 78.1 Å². The second-order valence-corrected chi connectivity index (χ2v) is 6.38. The molecule has 6 heteroatoms. The zero-order valence-corrected chi connectivity index (χ0v) is 15.7. The fourth-order valence-corrected chi connectivity index (χ4v) is 3.18. The molecule has 2 heterocycles. The fraction of sp³-hybridized carbons (Fsp3) is 0.182. The van der Waals surface area contributed by atoms with E-state index in [1.807, 2.05) is 68.4 Å². The Morgan fingerprint density at radius 2 is 1.79 bits per heavy atom. The van der Waals surface area contributed by atoms with Gasteiger partial charge < -0.3 is 9.26 Å². The van der Waals surface area contributed by atoms with Crippen molar-refractivity contribution in [2.45, 2.75) is 26.9 Å². The van der Waals surface area contributed by atoms with E-state index in [9.17, 15) is 4.79 Å². The summed E-state index contributed by atoms with van der Waals surface area (Å²) in [5.74, 6) is 0.271. The van der Waals surface area contributed by atoms with Crippen molar-refractivity contribution in [2.75, 3.05) is 0 Å². The number of hydrogen-bond donors (Lipinski definition) is 0. The number of carbonyl (C=O) groups is 1. The number of aromatic nitrogens is 3. The molecule has 4 aromatic rings. The van der Waals surface area contributed by atoms with Crippen molar-refractivity contribution in [3.8, 4) is 11.4 Å². The Labute approximate surface area is 162 Å². The molecule has 0 aliphatic rings. The number of benzene rings is 2. The van der Waals surface area contributed by atoms with Crippen LogP contribution in [0.4, 0.5) is 0 Å². The predicted molar refractivity (Wildman–Crippen MR) is 105 cm³/mol. The standard InChI is InChI=1S/C22H19N3O3/c1-3-17-20(14(2)16-11-7-8-12-18(16)23-17)22(26)27-13-19-24-21(25-28-19)15-9-5-4-6-10-15/h4-12H,3,13H2,1-2H3. The number of hydrogen-bond acceptors (Lipinski definition) is 6. The average Bonchev–Trinajstić information content (AvgIpc) is 3.21. The Morgan fingerprint density at radius 1 is 1.04 bits per heavy atom. The summed E-state index contributed by atoms with van der Waals surface area (Å²) in [6.45, 7) is 3.80. The lowest BCUT2D eigenvalue weighted by molar-refractivity contribution is 0.0427.